The number of aryl methyl sites for hydroxylation is 1. The second kappa shape index (κ2) is 11.3. The number of amides is 2. The first-order chi connectivity index (χ1) is 20.4. The van der Waals surface area contributed by atoms with Crippen molar-refractivity contribution in [3.8, 4) is 11.3 Å². The fraction of sp³-hybridized carbons (Fsp3) is 0.219. The molecule has 0 unspecified atom stereocenters. The van der Waals surface area contributed by atoms with Gasteiger partial charge in [0.15, 0.2) is 0 Å². The van der Waals surface area contributed by atoms with Crippen molar-refractivity contribution in [3.63, 3.8) is 0 Å². The van der Waals surface area contributed by atoms with Gasteiger partial charge in [-0.25, -0.2) is 4.98 Å². The normalized spacial score (nSPS) is 15.8. The molecule has 1 aromatic heterocycles. The summed E-state index contributed by atoms with van der Waals surface area (Å²) in [5.41, 5.74) is 6.10. The molecule has 0 spiro atoms. The maximum atomic E-state index is 13.3. The third-order valence-electron chi connectivity index (χ3n) is 7.70. The van der Waals surface area contributed by atoms with Crippen molar-refractivity contribution < 1.29 is 14.5 Å². The van der Waals surface area contributed by atoms with Crippen LogP contribution in [0, 0.1) is 17.0 Å². The summed E-state index contributed by atoms with van der Waals surface area (Å²) in [4.78, 5) is 46.1. The Morgan fingerprint density at radius 2 is 1.83 bits per heavy atom. The van der Waals surface area contributed by atoms with E-state index in [1.54, 1.807) is 6.07 Å². The third-order valence-corrected chi connectivity index (χ3v) is 7.70. The standard InChI is InChI=1S/C32H30N6O4/c1-20-33-19-28(34-20)22-9-11-24(12-10-22)35-31(30-26-18-25(38(41)42)13-14-27(26)36-32(30)40)23-7-5-21(6-8-23)15-17-37-16-3-2-4-29(37)39/h5-14,18-19,35H,2-4,15-17H2,1H3,(H,33,34)(H,36,40). The molecule has 0 saturated carbocycles. The predicted octanol–water partition coefficient (Wildman–Crippen LogP) is 5.78. The number of non-ortho nitro benzene ring substituents is 1. The summed E-state index contributed by atoms with van der Waals surface area (Å²) in [5.74, 6) is 0.692. The van der Waals surface area contributed by atoms with Crippen LogP contribution in [-0.4, -0.2) is 44.7 Å². The molecule has 1 saturated heterocycles. The minimum atomic E-state index is -0.467. The van der Waals surface area contributed by atoms with Crippen LogP contribution in [0.15, 0.2) is 72.9 Å². The summed E-state index contributed by atoms with van der Waals surface area (Å²) < 4.78 is 0. The van der Waals surface area contributed by atoms with Crippen LogP contribution in [0.5, 0.6) is 0 Å². The van der Waals surface area contributed by atoms with E-state index in [9.17, 15) is 19.7 Å². The van der Waals surface area contributed by atoms with Crippen molar-refractivity contribution >= 4 is 40.1 Å². The molecule has 3 N–H and O–H groups in total. The Morgan fingerprint density at radius 1 is 1.05 bits per heavy atom. The number of nitrogens with one attached hydrogen (secondary N) is 3. The zero-order valence-electron chi connectivity index (χ0n) is 23.1. The number of likely N-dealkylation sites (tertiary alicyclic amines) is 1. The van der Waals surface area contributed by atoms with E-state index < -0.39 is 4.92 Å². The molecule has 2 aliphatic heterocycles. The number of hydrogen-bond acceptors (Lipinski definition) is 6. The minimum absolute atomic E-state index is 0.0941. The van der Waals surface area contributed by atoms with Crippen molar-refractivity contribution in [2.24, 2.45) is 0 Å². The molecule has 0 atom stereocenters. The lowest BCUT2D eigenvalue weighted by Gasteiger charge is -2.26. The van der Waals surface area contributed by atoms with Crippen LogP contribution in [0.4, 0.5) is 17.1 Å². The molecular weight excluding hydrogens is 532 g/mol. The van der Waals surface area contributed by atoms with Gasteiger partial charge in [-0.2, -0.15) is 0 Å². The van der Waals surface area contributed by atoms with Crippen molar-refractivity contribution in [2.75, 3.05) is 23.7 Å². The van der Waals surface area contributed by atoms with Gasteiger partial charge in [0.25, 0.3) is 11.6 Å². The van der Waals surface area contributed by atoms with Crippen molar-refractivity contribution in [1.29, 1.82) is 0 Å². The first-order valence-corrected chi connectivity index (χ1v) is 14.0. The summed E-state index contributed by atoms with van der Waals surface area (Å²) in [6, 6.07) is 19.9. The fourth-order valence-corrected chi connectivity index (χ4v) is 5.43. The number of imidazole rings is 1. The molecule has 10 heteroatoms. The fourth-order valence-electron chi connectivity index (χ4n) is 5.43. The summed E-state index contributed by atoms with van der Waals surface area (Å²) in [6.45, 7) is 3.37. The lowest BCUT2D eigenvalue weighted by molar-refractivity contribution is -0.384. The molecule has 2 amide bonds. The van der Waals surface area contributed by atoms with Gasteiger partial charge >= 0.3 is 0 Å². The van der Waals surface area contributed by atoms with Gasteiger partial charge in [-0.1, -0.05) is 36.4 Å². The quantitative estimate of drug-likeness (QED) is 0.142. The Morgan fingerprint density at radius 3 is 2.52 bits per heavy atom. The lowest BCUT2D eigenvalue weighted by Crippen LogP contribution is -2.36. The first kappa shape index (κ1) is 26.9. The van der Waals surface area contributed by atoms with Crippen molar-refractivity contribution in [2.45, 2.75) is 32.6 Å². The number of benzene rings is 3. The molecule has 0 radical (unpaired) electrons. The molecule has 3 heterocycles. The smallest absolute Gasteiger partial charge is 0.270 e. The van der Waals surface area contributed by atoms with Gasteiger partial charge in [-0.3, -0.25) is 19.7 Å². The zero-order valence-corrected chi connectivity index (χ0v) is 23.1. The van der Waals surface area contributed by atoms with Gasteiger partial charge in [0, 0.05) is 60.3 Å². The second-order valence-electron chi connectivity index (χ2n) is 10.5. The maximum absolute atomic E-state index is 13.3. The number of aromatic nitrogens is 2. The Kier molecular flexibility index (Phi) is 7.26. The van der Waals surface area contributed by atoms with Crippen LogP contribution in [0.25, 0.3) is 22.5 Å². The molecule has 3 aromatic carbocycles. The van der Waals surface area contributed by atoms with Crippen molar-refractivity contribution in [1.82, 2.24) is 14.9 Å². The molecule has 4 aromatic rings. The van der Waals surface area contributed by atoms with Crippen LogP contribution in [0.1, 0.15) is 41.8 Å². The molecule has 0 bridgehead atoms. The van der Waals surface area contributed by atoms with E-state index >= 15 is 0 Å². The number of carbonyl (C=O) groups is 2. The number of H-pyrrole nitrogens is 1. The average molecular weight is 563 g/mol. The molecule has 2 aliphatic rings. The van der Waals surface area contributed by atoms with E-state index in [0.29, 0.717) is 35.5 Å². The maximum Gasteiger partial charge on any atom is 0.270 e. The number of nitrogens with zero attached hydrogens (tertiary/aromatic N) is 3. The van der Waals surface area contributed by atoms with Gasteiger partial charge in [0.05, 0.1) is 21.9 Å². The molecule has 212 valence electrons. The summed E-state index contributed by atoms with van der Waals surface area (Å²) in [6.07, 6.45) is 5.19. The molecule has 6 rings (SSSR count). The zero-order chi connectivity index (χ0) is 29.2. The van der Waals surface area contributed by atoms with Gasteiger partial charge in [-0.05, 0) is 55.5 Å². The van der Waals surface area contributed by atoms with Crippen molar-refractivity contribution in [3.05, 3.63) is 106 Å². The monoisotopic (exact) mass is 562 g/mol. The predicted molar refractivity (Wildman–Crippen MR) is 162 cm³/mol. The molecule has 42 heavy (non-hydrogen) atoms. The number of nitro groups is 1. The lowest BCUT2D eigenvalue weighted by atomic mass is 9.98. The molecule has 10 nitrogen and oxygen atoms in total. The van der Waals surface area contributed by atoms with Gasteiger partial charge in [0.1, 0.15) is 5.82 Å². The summed E-state index contributed by atoms with van der Waals surface area (Å²) in [5, 5.41) is 17.8. The van der Waals surface area contributed by atoms with Crippen LogP contribution >= 0.6 is 0 Å². The van der Waals surface area contributed by atoms with Gasteiger partial charge in [0.2, 0.25) is 5.91 Å². The topological polar surface area (TPSA) is 133 Å². The highest BCUT2D eigenvalue weighted by Crippen LogP contribution is 2.39. The number of aromatic amines is 1. The van der Waals surface area contributed by atoms with E-state index in [-0.39, 0.29) is 17.5 Å². The largest absolute Gasteiger partial charge is 0.354 e. The Hall–Kier alpha value is -5.25. The number of anilines is 2. The second-order valence-corrected chi connectivity index (χ2v) is 10.5. The Bertz CT molecular complexity index is 1710. The highest BCUT2D eigenvalue weighted by Gasteiger charge is 2.30. The van der Waals surface area contributed by atoms with Crippen LogP contribution in [0.2, 0.25) is 0 Å². The third kappa shape index (κ3) is 5.51. The minimum Gasteiger partial charge on any atom is -0.354 e. The number of fused-ring (bicyclic) bond motifs is 1. The molecular formula is C32H30N6O4. The Balaban J connectivity index is 1.34. The van der Waals surface area contributed by atoms with Crippen LogP contribution in [0.3, 0.4) is 0 Å². The van der Waals surface area contributed by atoms with E-state index in [1.165, 1.54) is 12.1 Å². The van der Waals surface area contributed by atoms with Gasteiger partial charge < -0.3 is 20.5 Å². The SMILES string of the molecule is Cc1nc(-c2ccc(NC(=C3C(=O)Nc4ccc([N+](=O)[O-])cc43)c3ccc(CCN4CCCCC4=O)cc3)cc2)c[nH]1. The molecule has 0 aliphatic carbocycles. The van der Waals surface area contributed by atoms with E-state index in [1.807, 2.05) is 66.6 Å². The summed E-state index contributed by atoms with van der Waals surface area (Å²) >= 11 is 0. The highest BCUT2D eigenvalue weighted by molar-refractivity contribution is 6.37. The number of hydrogen-bond donors (Lipinski definition) is 3. The molecule has 1 fully saturated rings. The number of carbonyl (C=O) groups excluding carboxylic acids is 2. The van der Waals surface area contributed by atoms with Crippen LogP contribution in [-0.2, 0) is 16.0 Å². The number of rotatable bonds is 8. The van der Waals surface area contributed by atoms with Crippen LogP contribution < -0.4 is 10.6 Å². The Labute approximate surface area is 242 Å². The first-order valence-electron chi connectivity index (χ1n) is 14.0. The summed E-state index contributed by atoms with van der Waals surface area (Å²) in [7, 11) is 0. The van der Waals surface area contributed by atoms with E-state index in [4.69, 9.17) is 0 Å². The van der Waals surface area contributed by atoms with Gasteiger partial charge in [-0.15, -0.1) is 0 Å². The number of piperidine rings is 1. The highest BCUT2D eigenvalue weighted by atomic mass is 16.6. The van der Waals surface area contributed by atoms with E-state index in [0.717, 1.165) is 59.7 Å². The average Bonchev–Trinajstić information content (AvgIpc) is 3.58. The van der Waals surface area contributed by atoms with E-state index in [2.05, 4.69) is 20.6 Å². The number of nitro benzene ring substituents is 1.